The quantitative estimate of drug-likeness (QED) is 0.462. The topological polar surface area (TPSA) is 121 Å². The number of rotatable bonds is 7. The molecule has 1 fully saturated rings. The summed E-state index contributed by atoms with van der Waals surface area (Å²) in [5.74, 6) is 0.570. The minimum absolute atomic E-state index is 0.0422. The predicted octanol–water partition coefficient (Wildman–Crippen LogP) is 2.82. The Labute approximate surface area is 231 Å². The second kappa shape index (κ2) is 11.1. The number of likely N-dealkylation sites (tertiary alicyclic amines) is 1. The van der Waals surface area contributed by atoms with Gasteiger partial charge in [0, 0.05) is 61.2 Å². The van der Waals surface area contributed by atoms with E-state index in [-0.39, 0.29) is 31.0 Å². The van der Waals surface area contributed by atoms with E-state index in [1.54, 1.807) is 41.4 Å². The number of hydrogen-bond acceptors (Lipinski definition) is 8. The number of nitrogens with zero attached hydrogens (tertiary/aromatic N) is 5. The minimum atomic E-state index is -0.866. The fourth-order valence-electron chi connectivity index (χ4n) is 5.26. The van der Waals surface area contributed by atoms with Gasteiger partial charge in [-0.25, -0.2) is 4.98 Å². The molecule has 2 N–H and O–H groups in total. The van der Waals surface area contributed by atoms with Crippen molar-refractivity contribution in [1.29, 1.82) is 0 Å². The lowest BCUT2D eigenvalue weighted by Crippen LogP contribution is -2.49. The molecule has 0 saturated carbocycles. The van der Waals surface area contributed by atoms with Gasteiger partial charge >= 0.3 is 0 Å². The molecule has 0 spiro atoms. The predicted molar refractivity (Wildman–Crippen MR) is 148 cm³/mol. The molecule has 4 heterocycles. The van der Waals surface area contributed by atoms with Gasteiger partial charge in [-0.1, -0.05) is 6.07 Å². The van der Waals surface area contributed by atoms with Gasteiger partial charge in [0.05, 0.1) is 37.3 Å². The lowest BCUT2D eigenvalue weighted by molar-refractivity contribution is -0.130. The van der Waals surface area contributed by atoms with Gasteiger partial charge in [-0.2, -0.15) is 5.10 Å². The Morgan fingerprint density at radius 1 is 1.23 bits per heavy atom. The molecule has 3 aromatic rings. The molecule has 0 unspecified atom stereocenters. The zero-order chi connectivity index (χ0) is 27.7. The number of aliphatic hydroxyl groups excluding tert-OH is 1. The number of carbonyl (C=O) groups excluding carboxylic acids is 2. The van der Waals surface area contributed by atoms with Crippen LogP contribution in [-0.2, 0) is 17.8 Å². The van der Waals surface area contributed by atoms with Crippen molar-refractivity contribution in [3.05, 3.63) is 40.5 Å². The lowest BCUT2D eigenvalue weighted by atomic mass is 10.0. The van der Waals surface area contributed by atoms with Crippen molar-refractivity contribution in [3.63, 3.8) is 0 Å². The van der Waals surface area contributed by atoms with Crippen LogP contribution in [0.15, 0.2) is 30.6 Å². The summed E-state index contributed by atoms with van der Waals surface area (Å²) in [5, 5.41) is 24.6. The van der Waals surface area contributed by atoms with Gasteiger partial charge in [0.2, 0.25) is 5.91 Å². The number of hydrogen-bond donors (Lipinski definition) is 2. The van der Waals surface area contributed by atoms with Crippen molar-refractivity contribution in [2.75, 3.05) is 32.8 Å². The zero-order valence-electron chi connectivity index (χ0n) is 22.6. The number of aromatic nitrogens is 3. The number of ether oxygens (including phenoxy) is 1. The molecule has 0 bridgehead atoms. The van der Waals surface area contributed by atoms with Gasteiger partial charge in [-0.3, -0.25) is 14.3 Å². The number of piperidine rings is 1. The molecule has 1 aromatic carbocycles. The first-order valence-corrected chi connectivity index (χ1v) is 14.1. The number of benzene rings is 1. The van der Waals surface area contributed by atoms with E-state index in [9.17, 15) is 19.8 Å². The van der Waals surface area contributed by atoms with Gasteiger partial charge in [0.15, 0.2) is 5.01 Å². The Hall–Kier alpha value is -3.28. The molecule has 0 radical (unpaired) electrons. The third kappa shape index (κ3) is 6.00. The average Bonchev–Trinajstić information content (AvgIpc) is 3.49. The summed E-state index contributed by atoms with van der Waals surface area (Å²) in [6.07, 6.45) is 5.68. The molecule has 2 aromatic heterocycles. The summed E-state index contributed by atoms with van der Waals surface area (Å²) in [6.45, 7) is 7.23. The van der Waals surface area contributed by atoms with Crippen molar-refractivity contribution in [2.45, 2.75) is 58.2 Å². The van der Waals surface area contributed by atoms with E-state index in [4.69, 9.17) is 9.72 Å². The second-order valence-corrected chi connectivity index (χ2v) is 11.9. The van der Waals surface area contributed by atoms with Crippen molar-refractivity contribution in [2.24, 2.45) is 0 Å². The molecule has 5 rings (SSSR count). The smallest absolute Gasteiger partial charge is 0.283 e. The molecule has 0 atom stereocenters. The van der Waals surface area contributed by atoms with Crippen LogP contribution in [0, 0.1) is 0 Å². The molecule has 1 saturated heterocycles. The second-order valence-electron chi connectivity index (χ2n) is 10.8. The highest BCUT2D eigenvalue weighted by molar-refractivity contribution is 7.14. The first-order chi connectivity index (χ1) is 18.6. The van der Waals surface area contributed by atoms with E-state index in [0.29, 0.717) is 56.3 Å². The summed E-state index contributed by atoms with van der Waals surface area (Å²) in [4.78, 5) is 34.7. The highest BCUT2D eigenvalue weighted by atomic mass is 32.1. The highest BCUT2D eigenvalue weighted by Crippen LogP contribution is 2.40. The van der Waals surface area contributed by atoms with Crippen molar-refractivity contribution >= 4 is 23.2 Å². The third-order valence-electron chi connectivity index (χ3n) is 7.17. The Kier molecular flexibility index (Phi) is 7.75. The van der Waals surface area contributed by atoms with Crippen molar-refractivity contribution in [1.82, 2.24) is 24.6 Å². The maximum Gasteiger partial charge on any atom is 0.283 e. The summed E-state index contributed by atoms with van der Waals surface area (Å²) >= 11 is 1.39. The summed E-state index contributed by atoms with van der Waals surface area (Å²) in [7, 11) is 0. The largest absolute Gasteiger partial charge is 0.492 e. The van der Waals surface area contributed by atoms with Crippen LogP contribution >= 0.6 is 11.3 Å². The lowest BCUT2D eigenvalue weighted by Gasteiger charge is -2.37. The molecule has 208 valence electrons. The van der Waals surface area contributed by atoms with E-state index in [0.717, 1.165) is 27.3 Å². The van der Waals surface area contributed by atoms with Crippen molar-refractivity contribution in [3.8, 4) is 28.1 Å². The Morgan fingerprint density at radius 3 is 2.69 bits per heavy atom. The van der Waals surface area contributed by atoms with Crippen LogP contribution in [0.25, 0.3) is 22.4 Å². The third-order valence-corrected chi connectivity index (χ3v) is 8.27. The Balaban J connectivity index is 1.38. The van der Waals surface area contributed by atoms with E-state index < -0.39 is 5.60 Å². The Morgan fingerprint density at radius 2 is 2.00 bits per heavy atom. The van der Waals surface area contributed by atoms with E-state index in [1.807, 2.05) is 24.4 Å². The van der Waals surface area contributed by atoms with Crippen LogP contribution in [0.3, 0.4) is 0 Å². The summed E-state index contributed by atoms with van der Waals surface area (Å²) in [5.41, 5.74) is 2.59. The van der Waals surface area contributed by atoms with Gasteiger partial charge in [0.25, 0.3) is 5.91 Å². The van der Waals surface area contributed by atoms with Crippen LogP contribution in [0.4, 0.5) is 0 Å². The van der Waals surface area contributed by atoms with Gasteiger partial charge in [0.1, 0.15) is 5.75 Å². The molecule has 0 aliphatic carbocycles. The number of carbonyl (C=O) groups is 2. The van der Waals surface area contributed by atoms with Crippen LogP contribution in [0.1, 0.15) is 48.3 Å². The average molecular weight is 554 g/mol. The van der Waals surface area contributed by atoms with Gasteiger partial charge < -0.3 is 24.7 Å². The monoisotopic (exact) mass is 553 g/mol. The van der Waals surface area contributed by atoms with Gasteiger partial charge in [-0.15, -0.1) is 11.3 Å². The minimum Gasteiger partial charge on any atom is -0.492 e. The summed E-state index contributed by atoms with van der Waals surface area (Å²) in [6, 6.07) is 5.89. The first-order valence-electron chi connectivity index (χ1n) is 13.3. The fraction of sp³-hybridized carbons (Fsp3) is 0.500. The standard InChI is InChI=1S/C28H35N5O5S/c1-18(35)31-9-6-21(7-10-31)33(11-12-34)27(36)26-30-25-22-5-4-19(14-23(22)38-13-8-24(25)39-26)20-15-29-32(16-20)17-28(2,3)37/h4-5,14-16,21,34,37H,6-13,17H2,1-3H3. The number of fused-ring (bicyclic) bond motifs is 3. The fourth-order valence-corrected chi connectivity index (χ4v) is 6.27. The van der Waals surface area contributed by atoms with Crippen LogP contribution < -0.4 is 4.74 Å². The first kappa shape index (κ1) is 27.3. The number of aliphatic hydroxyl groups is 2. The van der Waals surface area contributed by atoms with E-state index in [2.05, 4.69) is 5.10 Å². The molecule has 2 aliphatic heterocycles. The maximum atomic E-state index is 13.6. The molecular weight excluding hydrogens is 518 g/mol. The van der Waals surface area contributed by atoms with Crippen LogP contribution in [0.5, 0.6) is 5.75 Å². The van der Waals surface area contributed by atoms with E-state index >= 15 is 0 Å². The molecule has 10 nitrogen and oxygen atoms in total. The van der Waals surface area contributed by atoms with Crippen molar-refractivity contribution < 1.29 is 24.5 Å². The molecular formula is C28H35N5O5S. The molecule has 11 heteroatoms. The SMILES string of the molecule is CC(=O)N1CCC(N(CCO)C(=O)c2nc3c(s2)CCOc2cc(-c4cnn(CC(C)(C)O)c4)ccc2-3)CC1. The number of amides is 2. The Bertz CT molecular complexity index is 1350. The van der Waals surface area contributed by atoms with Crippen LogP contribution in [-0.4, -0.2) is 91.1 Å². The highest BCUT2D eigenvalue weighted by Gasteiger charge is 2.32. The number of thiazole rings is 1. The normalized spacial score (nSPS) is 15.8. The summed E-state index contributed by atoms with van der Waals surface area (Å²) < 4.78 is 7.81. The zero-order valence-corrected chi connectivity index (χ0v) is 23.4. The van der Waals surface area contributed by atoms with Crippen LogP contribution in [0.2, 0.25) is 0 Å². The molecule has 39 heavy (non-hydrogen) atoms. The molecule has 2 aliphatic rings. The molecule has 2 amide bonds. The maximum absolute atomic E-state index is 13.6. The van der Waals surface area contributed by atoms with E-state index in [1.165, 1.54) is 11.3 Å². The van der Waals surface area contributed by atoms with Gasteiger partial charge in [-0.05, 0) is 44.4 Å².